The Morgan fingerprint density at radius 2 is 1.63 bits per heavy atom. The van der Waals surface area contributed by atoms with Crippen molar-refractivity contribution in [3.8, 4) is 11.6 Å². The minimum atomic E-state index is -0.576. The second-order valence-corrected chi connectivity index (χ2v) is 10.1. The van der Waals surface area contributed by atoms with Gasteiger partial charge >= 0.3 is 0 Å². The predicted octanol–water partition coefficient (Wildman–Crippen LogP) is 5.26. The Morgan fingerprint density at radius 3 is 2.29 bits per heavy atom. The smallest absolute Gasteiger partial charge is 0.266 e. The number of nitrogens with two attached hydrogens (primary N) is 1. The number of carbonyl (C=O) groups is 1. The number of rotatable bonds is 8. The second-order valence-electron chi connectivity index (χ2n) is 10.1. The van der Waals surface area contributed by atoms with Gasteiger partial charge in [0.05, 0.1) is 28.3 Å². The van der Waals surface area contributed by atoms with Gasteiger partial charge in [0.2, 0.25) is 11.9 Å². The number of para-hydroxylation sites is 1. The molecule has 0 aliphatic carbocycles. The summed E-state index contributed by atoms with van der Waals surface area (Å²) in [5.74, 6) is 0.979. The molecule has 0 radical (unpaired) electrons. The number of anilines is 1. The van der Waals surface area contributed by atoms with E-state index in [0.717, 1.165) is 22.6 Å². The normalized spacial score (nSPS) is 12.2. The number of aromatic nitrogens is 5. The average molecular weight is 548 g/mol. The maximum Gasteiger partial charge on any atom is 0.266 e. The fourth-order valence-corrected chi connectivity index (χ4v) is 5.11. The molecule has 0 saturated heterocycles. The topological polar surface area (TPSA) is 121 Å². The highest BCUT2D eigenvalue weighted by Gasteiger charge is 2.23. The molecule has 5 rings (SSSR count). The first-order valence-corrected chi connectivity index (χ1v) is 13.5. The molecule has 0 bridgehead atoms. The van der Waals surface area contributed by atoms with Gasteiger partial charge in [0.15, 0.2) is 0 Å². The number of amides is 1. The summed E-state index contributed by atoms with van der Waals surface area (Å²) in [5.41, 5.74) is 10.8. The molecule has 3 aromatic heterocycles. The monoisotopic (exact) mass is 547 g/mol. The van der Waals surface area contributed by atoms with E-state index in [4.69, 9.17) is 20.7 Å². The van der Waals surface area contributed by atoms with Gasteiger partial charge in [0.25, 0.3) is 5.56 Å². The summed E-state index contributed by atoms with van der Waals surface area (Å²) >= 11 is 0. The van der Waals surface area contributed by atoms with Crippen LogP contribution < -0.4 is 16.6 Å². The van der Waals surface area contributed by atoms with Crippen LogP contribution in [0.1, 0.15) is 53.4 Å². The van der Waals surface area contributed by atoms with Crippen molar-refractivity contribution >= 4 is 28.7 Å². The van der Waals surface area contributed by atoms with E-state index in [-0.39, 0.29) is 5.56 Å². The first-order chi connectivity index (χ1) is 19.7. The van der Waals surface area contributed by atoms with Gasteiger partial charge in [-0.1, -0.05) is 37.3 Å². The van der Waals surface area contributed by atoms with Crippen LogP contribution in [0, 0.1) is 27.7 Å². The van der Waals surface area contributed by atoms with Gasteiger partial charge in [0, 0.05) is 23.0 Å². The molecule has 0 aliphatic rings. The van der Waals surface area contributed by atoms with Crippen LogP contribution in [0.2, 0.25) is 0 Å². The standard InChI is InChI=1S/C32H33N7O2/c1-6-25(30-36-26-14-10-11-19(2)28(26)31(41)39(30)23-12-8-7-9-13-23)35-29-24(17-18-27(33)40)22(5)34-32(37-29)38-20(3)15-16-21(38)4/h7-18,25H,6H2,1-5H3,(H2,33,40)(H,34,35,37). The van der Waals surface area contributed by atoms with Gasteiger partial charge in [-0.05, 0) is 76.1 Å². The van der Waals surface area contributed by atoms with Crippen LogP contribution in [0.15, 0.2) is 71.5 Å². The molecule has 9 heteroatoms. The Kier molecular flexibility index (Phi) is 7.52. The zero-order chi connectivity index (χ0) is 29.3. The van der Waals surface area contributed by atoms with Crippen molar-refractivity contribution < 1.29 is 4.79 Å². The Morgan fingerprint density at radius 1 is 0.927 bits per heavy atom. The Labute approximate surface area is 238 Å². The lowest BCUT2D eigenvalue weighted by atomic mass is 10.1. The first-order valence-electron chi connectivity index (χ1n) is 13.5. The molecule has 1 atom stereocenters. The van der Waals surface area contributed by atoms with Crippen LogP contribution in [0.3, 0.4) is 0 Å². The van der Waals surface area contributed by atoms with Gasteiger partial charge in [-0.25, -0.2) is 9.97 Å². The molecule has 3 N–H and O–H groups in total. The van der Waals surface area contributed by atoms with Gasteiger partial charge in [-0.3, -0.25) is 18.7 Å². The van der Waals surface area contributed by atoms with Crippen molar-refractivity contribution in [2.75, 3.05) is 5.32 Å². The number of nitrogens with zero attached hydrogens (tertiary/aromatic N) is 5. The highest BCUT2D eigenvalue weighted by molar-refractivity contribution is 5.91. The van der Waals surface area contributed by atoms with Crippen molar-refractivity contribution in [1.82, 2.24) is 24.1 Å². The Bertz CT molecular complexity index is 1830. The Balaban J connectivity index is 1.73. The van der Waals surface area contributed by atoms with Crippen LogP contribution in [0.4, 0.5) is 5.82 Å². The van der Waals surface area contributed by atoms with E-state index in [1.165, 1.54) is 6.08 Å². The van der Waals surface area contributed by atoms with E-state index >= 15 is 0 Å². The van der Waals surface area contributed by atoms with E-state index in [0.29, 0.717) is 46.2 Å². The number of nitrogens with one attached hydrogen (secondary N) is 1. The average Bonchev–Trinajstić information content (AvgIpc) is 3.28. The van der Waals surface area contributed by atoms with Gasteiger partial charge in [-0.15, -0.1) is 0 Å². The fraction of sp³-hybridized carbons (Fsp3) is 0.219. The molecule has 41 heavy (non-hydrogen) atoms. The molecular formula is C32H33N7O2. The van der Waals surface area contributed by atoms with Crippen LogP contribution >= 0.6 is 0 Å². The highest BCUT2D eigenvalue weighted by Crippen LogP contribution is 2.29. The summed E-state index contributed by atoms with van der Waals surface area (Å²) in [6, 6.07) is 18.8. The highest BCUT2D eigenvalue weighted by atomic mass is 16.1. The second kappa shape index (κ2) is 11.2. The third-order valence-electron chi connectivity index (χ3n) is 7.19. The number of benzene rings is 2. The third-order valence-corrected chi connectivity index (χ3v) is 7.19. The molecule has 0 saturated carbocycles. The van der Waals surface area contributed by atoms with Gasteiger partial charge in [0.1, 0.15) is 11.6 Å². The lowest BCUT2D eigenvalue weighted by Gasteiger charge is -2.24. The number of aryl methyl sites for hydroxylation is 4. The Hall–Kier alpha value is -5.05. The van der Waals surface area contributed by atoms with Crippen LogP contribution in [0.5, 0.6) is 0 Å². The minimum Gasteiger partial charge on any atom is -0.366 e. The summed E-state index contributed by atoms with van der Waals surface area (Å²) in [7, 11) is 0. The third kappa shape index (κ3) is 5.26. The molecule has 0 spiro atoms. The maximum atomic E-state index is 14.0. The molecule has 3 heterocycles. The van der Waals surface area contributed by atoms with Crippen molar-refractivity contribution in [2.45, 2.75) is 47.1 Å². The molecule has 2 aromatic carbocycles. The maximum absolute atomic E-state index is 14.0. The number of fused-ring (bicyclic) bond motifs is 1. The SMILES string of the molecule is CCC(Nc1nc(-n2c(C)ccc2C)nc(C)c1C=CC(N)=O)c1nc2cccc(C)c2c(=O)n1-c1ccccc1. The van der Waals surface area contributed by atoms with E-state index < -0.39 is 11.9 Å². The van der Waals surface area contributed by atoms with Crippen molar-refractivity contribution in [2.24, 2.45) is 5.73 Å². The quantitative estimate of drug-likeness (QED) is 0.256. The largest absolute Gasteiger partial charge is 0.366 e. The molecule has 5 aromatic rings. The van der Waals surface area contributed by atoms with E-state index in [1.54, 1.807) is 10.6 Å². The molecule has 1 amide bonds. The van der Waals surface area contributed by atoms with Crippen LogP contribution in [-0.2, 0) is 4.79 Å². The van der Waals surface area contributed by atoms with E-state index in [2.05, 4.69) is 5.32 Å². The van der Waals surface area contributed by atoms with Crippen molar-refractivity contribution in [3.05, 3.63) is 111 Å². The molecule has 9 nitrogen and oxygen atoms in total. The number of hydrogen-bond acceptors (Lipinski definition) is 6. The molecular weight excluding hydrogens is 514 g/mol. The zero-order valence-electron chi connectivity index (χ0n) is 23.8. The summed E-state index contributed by atoms with van der Waals surface area (Å²) in [4.78, 5) is 40.4. The first kappa shape index (κ1) is 27.5. The van der Waals surface area contributed by atoms with Gasteiger partial charge < -0.3 is 11.1 Å². The lowest BCUT2D eigenvalue weighted by Crippen LogP contribution is -2.29. The number of carbonyl (C=O) groups excluding carboxylic acids is 1. The number of hydrogen-bond donors (Lipinski definition) is 2. The summed E-state index contributed by atoms with van der Waals surface area (Å²) in [6.07, 6.45) is 3.50. The number of primary amides is 1. The zero-order valence-corrected chi connectivity index (χ0v) is 23.8. The summed E-state index contributed by atoms with van der Waals surface area (Å²) < 4.78 is 3.64. The van der Waals surface area contributed by atoms with Crippen LogP contribution in [-0.4, -0.2) is 30.0 Å². The van der Waals surface area contributed by atoms with Crippen molar-refractivity contribution in [3.63, 3.8) is 0 Å². The van der Waals surface area contributed by atoms with E-state index in [9.17, 15) is 9.59 Å². The molecule has 0 fully saturated rings. The summed E-state index contributed by atoms with van der Waals surface area (Å²) in [5, 5.41) is 4.13. The minimum absolute atomic E-state index is 0.137. The van der Waals surface area contributed by atoms with Crippen molar-refractivity contribution in [1.29, 1.82) is 0 Å². The lowest BCUT2D eigenvalue weighted by molar-refractivity contribution is -0.113. The fourth-order valence-electron chi connectivity index (χ4n) is 5.11. The predicted molar refractivity (Wildman–Crippen MR) is 163 cm³/mol. The molecule has 1 unspecified atom stereocenters. The van der Waals surface area contributed by atoms with E-state index in [1.807, 2.05) is 99.8 Å². The molecule has 0 aliphatic heterocycles. The molecule has 208 valence electrons. The van der Waals surface area contributed by atoms with Crippen LogP contribution in [0.25, 0.3) is 28.6 Å². The summed E-state index contributed by atoms with van der Waals surface area (Å²) in [6.45, 7) is 9.79. The van der Waals surface area contributed by atoms with Gasteiger partial charge in [-0.2, -0.15) is 4.98 Å².